The maximum absolute atomic E-state index is 13.5. The van der Waals surface area contributed by atoms with Crippen molar-refractivity contribution in [2.45, 2.75) is 50.0 Å². The number of nitrogens with one attached hydrogen (secondary N) is 1. The van der Waals surface area contributed by atoms with Crippen LogP contribution in [0.1, 0.15) is 36.8 Å². The number of alkyl halides is 3. The van der Waals surface area contributed by atoms with Gasteiger partial charge in [0.15, 0.2) is 0 Å². The van der Waals surface area contributed by atoms with Crippen LogP contribution in [0.3, 0.4) is 0 Å². The molecule has 0 aromatic heterocycles. The molecule has 8 heteroatoms. The molecule has 0 atom stereocenters. The largest absolute Gasteiger partial charge is 0.416 e. The maximum atomic E-state index is 13.5. The van der Waals surface area contributed by atoms with Gasteiger partial charge in [-0.1, -0.05) is 12.1 Å². The highest BCUT2D eigenvalue weighted by Gasteiger charge is 2.53. The quantitative estimate of drug-likeness (QED) is 0.545. The van der Waals surface area contributed by atoms with E-state index in [4.69, 9.17) is 0 Å². The van der Waals surface area contributed by atoms with Crippen molar-refractivity contribution in [3.05, 3.63) is 57.2 Å². The zero-order valence-electron chi connectivity index (χ0n) is 16.9. The van der Waals surface area contributed by atoms with Crippen molar-refractivity contribution >= 4 is 39.9 Å². The first kappa shape index (κ1) is 21.1. The summed E-state index contributed by atoms with van der Waals surface area (Å²) < 4.78 is 41.0. The fourth-order valence-corrected chi connectivity index (χ4v) is 5.02. The molecule has 0 unspecified atom stereocenters. The average Bonchev–Trinajstić information content (AvgIpc) is 3.65. The maximum Gasteiger partial charge on any atom is 0.416 e. The second-order valence-electron chi connectivity index (χ2n) is 8.60. The van der Waals surface area contributed by atoms with E-state index in [0.29, 0.717) is 25.4 Å². The molecule has 0 radical (unpaired) electrons. The molecule has 1 N–H and O–H groups in total. The fraction of sp³-hybridized carbons (Fsp3) is 0.435. The Morgan fingerprint density at radius 2 is 1.81 bits per heavy atom. The van der Waals surface area contributed by atoms with E-state index in [1.165, 1.54) is 18.9 Å². The minimum Gasteiger partial charge on any atom is -0.365 e. The molecule has 2 aromatic rings. The zero-order chi connectivity index (χ0) is 21.8. The molecule has 2 aromatic carbocycles. The monoisotopic (exact) mass is 541 g/mol. The minimum atomic E-state index is -4.42. The van der Waals surface area contributed by atoms with Crippen LogP contribution in [0, 0.1) is 3.57 Å². The summed E-state index contributed by atoms with van der Waals surface area (Å²) in [6, 6.07) is 12.6. The minimum absolute atomic E-state index is 0.0150. The SMILES string of the molecule is O=C(N1CCN(C2CC2)c2ccccc21)C1(NCc2cc(I)ccc2C(F)(F)F)CC1. The summed E-state index contributed by atoms with van der Waals surface area (Å²) in [7, 11) is 0. The van der Waals surface area contributed by atoms with E-state index in [2.05, 4.69) is 16.3 Å². The van der Waals surface area contributed by atoms with Gasteiger partial charge >= 0.3 is 6.18 Å². The molecule has 5 rings (SSSR count). The average molecular weight is 541 g/mol. The van der Waals surface area contributed by atoms with Crippen molar-refractivity contribution < 1.29 is 18.0 Å². The second kappa shape index (κ2) is 7.65. The van der Waals surface area contributed by atoms with E-state index < -0.39 is 17.3 Å². The predicted molar refractivity (Wildman–Crippen MR) is 122 cm³/mol. The van der Waals surface area contributed by atoms with Gasteiger partial charge in [0.05, 0.1) is 22.5 Å². The number of anilines is 2. The molecule has 0 bridgehead atoms. The van der Waals surface area contributed by atoms with Crippen LogP contribution in [0.15, 0.2) is 42.5 Å². The Hall–Kier alpha value is -1.81. The molecule has 2 aliphatic carbocycles. The van der Waals surface area contributed by atoms with Crippen LogP contribution < -0.4 is 15.1 Å². The van der Waals surface area contributed by atoms with E-state index in [1.54, 1.807) is 6.07 Å². The van der Waals surface area contributed by atoms with E-state index in [1.807, 2.05) is 45.7 Å². The van der Waals surface area contributed by atoms with Gasteiger partial charge in [0.2, 0.25) is 5.91 Å². The molecule has 1 heterocycles. The van der Waals surface area contributed by atoms with Crippen molar-refractivity contribution in [1.29, 1.82) is 0 Å². The normalized spacial score (nSPS) is 19.9. The lowest BCUT2D eigenvalue weighted by molar-refractivity contribution is -0.138. The Labute approximate surface area is 192 Å². The summed E-state index contributed by atoms with van der Waals surface area (Å²) >= 11 is 2.01. The summed E-state index contributed by atoms with van der Waals surface area (Å²) in [6.45, 7) is 1.41. The fourth-order valence-electron chi connectivity index (χ4n) is 4.46. The van der Waals surface area contributed by atoms with Gasteiger partial charge in [-0.15, -0.1) is 0 Å². The topological polar surface area (TPSA) is 35.6 Å². The van der Waals surface area contributed by atoms with Crippen molar-refractivity contribution in [2.75, 3.05) is 22.9 Å². The van der Waals surface area contributed by atoms with Gasteiger partial charge in [0.1, 0.15) is 0 Å². The van der Waals surface area contributed by atoms with Gasteiger partial charge in [-0.2, -0.15) is 13.2 Å². The molecule has 2 fully saturated rings. The van der Waals surface area contributed by atoms with E-state index in [0.717, 1.165) is 27.6 Å². The van der Waals surface area contributed by atoms with Gasteiger partial charge in [-0.25, -0.2) is 0 Å². The standard InChI is InChI=1S/C23H23F3IN3O/c24-23(25,26)18-8-5-16(27)13-15(18)14-28-22(9-10-22)21(31)30-12-11-29(17-6-7-17)19-3-1-2-4-20(19)30/h1-5,8,13,17,28H,6-7,9-12,14H2. The summed E-state index contributed by atoms with van der Waals surface area (Å²) in [5, 5.41) is 3.19. The van der Waals surface area contributed by atoms with E-state index in [-0.39, 0.29) is 18.0 Å². The van der Waals surface area contributed by atoms with Gasteiger partial charge in [0.25, 0.3) is 0 Å². The molecule has 3 aliphatic rings. The Morgan fingerprint density at radius 1 is 1.10 bits per heavy atom. The number of nitrogens with zero attached hydrogens (tertiary/aromatic N) is 2. The van der Waals surface area contributed by atoms with Crippen LogP contribution in [0.4, 0.5) is 24.5 Å². The molecular formula is C23H23F3IN3O. The van der Waals surface area contributed by atoms with Crippen LogP contribution in [-0.4, -0.2) is 30.6 Å². The Balaban J connectivity index is 1.36. The number of hydrogen-bond acceptors (Lipinski definition) is 3. The number of benzene rings is 2. The lowest BCUT2D eigenvalue weighted by Crippen LogP contribution is -2.53. The van der Waals surface area contributed by atoms with Crippen LogP contribution >= 0.6 is 22.6 Å². The van der Waals surface area contributed by atoms with Crippen molar-refractivity contribution in [2.24, 2.45) is 0 Å². The van der Waals surface area contributed by atoms with Crippen molar-refractivity contribution in [1.82, 2.24) is 5.32 Å². The lowest BCUT2D eigenvalue weighted by Gasteiger charge is -2.39. The molecule has 0 spiro atoms. The number of carbonyl (C=O) groups excluding carboxylic acids is 1. The zero-order valence-corrected chi connectivity index (χ0v) is 19.0. The Kier molecular flexibility index (Phi) is 5.20. The molecule has 1 amide bonds. The van der Waals surface area contributed by atoms with Crippen molar-refractivity contribution in [3.63, 3.8) is 0 Å². The Bertz CT molecular complexity index is 1020. The van der Waals surface area contributed by atoms with Crippen LogP contribution in [-0.2, 0) is 17.5 Å². The van der Waals surface area contributed by atoms with Gasteiger partial charge in [-0.05, 0) is 84.2 Å². The third kappa shape index (κ3) is 4.04. The smallest absolute Gasteiger partial charge is 0.365 e. The van der Waals surface area contributed by atoms with Gasteiger partial charge < -0.3 is 9.80 Å². The summed E-state index contributed by atoms with van der Waals surface area (Å²) in [5.74, 6) is -0.0328. The predicted octanol–water partition coefficient (Wildman–Crippen LogP) is 4.95. The first-order valence-corrected chi connectivity index (χ1v) is 11.6. The number of fused-ring (bicyclic) bond motifs is 1. The highest BCUT2D eigenvalue weighted by atomic mass is 127. The highest BCUT2D eigenvalue weighted by Crippen LogP contribution is 2.44. The first-order valence-electron chi connectivity index (χ1n) is 10.6. The van der Waals surface area contributed by atoms with Crippen molar-refractivity contribution in [3.8, 4) is 0 Å². The molecule has 2 saturated carbocycles. The third-order valence-corrected chi connectivity index (χ3v) is 7.10. The number of amides is 1. The third-order valence-electron chi connectivity index (χ3n) is 6.43. The molecule has 4 nitrogen and oxygen atoms in total. The number of hydrogen-bond donors (Lipinski definition) is 1. The summed E-state index contributed by atoms with van der Waals surface area (Å²) in [5.41, 5.74) is 0.741. The van der Waals surface area contributed by atoms with Gasteiger partial charge in [0, 0.05) is 29.2 Å². The number of para-hydroxylation sites is 2. The second-order valence-corrected chi connectivity index (χ2v) is 9.85. The first-order chi connectivity index (χ1) is 14.8. The van der Waals surface area contributed by atoms with E-state index >= 15 is 0 Å². The van der Waals surface area contributed by atoms with Crippen LogP contribution in [0.5, 0.6) is 0 Å². The molecular weight excluding hydrogens is 518 g/mol. The highest BCUT2D eigenvalue weighted by molar-refractivity contribution is 14.1. The van der Waals surface area contributed by atoms with E-state index in [9.17, 15) is 18.0 Å². The summed E-state index contributed by atoms with van der Waals surface area (Å²) in [4.78, 5) is 17.7. The van der Waals surface area contributed by atoms with Gasteiger partial charge in [-0.3, -0.25) is 10.1 Å². The molecule has 31 heavy (non-hydrogen) atoms. The van der Waals surface area contributed by atoms with Crippen LogP contribution in [0.2, 0.25) is 0 Å². The molecule has 1 aliphatic heterocycles. The summed E-state index contributed by atoms with van der Waals surface area (Å²) in [6.07, 6.45) is -0.763. The molecule has 164 valence electrons. The Morgan fingerprint density at radius 3 is 2.45 bits per heavy atom. The molecule has 0 saturated heterocycles. The number of halogens is 4. The number of carbonyl (C=O) groups is 1. The number of rotatable bonds is 5. The lowest BCUT2D eigenvalue weighted by atomic mass is 10.1. The van der Waals surface area contributed by atoms with Crippen LogP contribution in [0.25, 0.3) is 0 Å².